The monoisotopic (exact) mass is 147 g/mol. The van der Waals surface area contributed by atoms with Gasteiger partial charge in [0.25, 0.3) is 0 Å². The average Bonchev–Trinajstić information content (AvgIpc) is 1.99. The Morgan fingerprint density at radius 2 is 1.90 bits per heavy atom. The number of methoxy groups -OCH3 is 2. The van der Waals surface area contributed by atoms with Gasteiger partial charge in [-0.05, 0) is 26.4 Å². The summed E-state index contributed by atoms with van der Waals surface area (Å²) in [4.78, 5) is 0. The van der Waals surface area contributed by atoms with Crippen LogP contribution in [0.3, 0.4) is 0 Å². The van der Waals surface area contributed by atoms with Crippen LogP contribution < -0.4 is 5.32 Å². The Morgan fingerprint density at radius 3 is 2.30 bits per heavy atom. The van der Waals surface area contributed by atoms with Gasteiger partial charge in [-0.1, -0.05) is 0 Å². The van der Waals surface area contributed by atoms with Crippen LogP contribution in [0.5, 0.6) is 0 Å². The van der Waals surface area contributed by atoms with Gasteiger partial charge in [-0.15, -0.1) is 0 Å². The molecule has 0 heterocycles. The minimum absolute atomic E-state index is 0.0339. The lowest BCUT2D eigenvalue weighted by atomic mass is 10.3. The first kappa shape index (κ1) is 9.88. The Hall–Kier alpha value is -0.120. The smallest absolute Gasteiger partial charge is 0.156 e. The molecular weight excluding hydrogens is 130 g/mol. The van der Waals surface area contributed by atoms with Crippen molar-refractivity contribution in [1.82, 2.24) is 5.32 Å². The fourth-order valence-corrected chi connectivity index (χ4v) is 0.777. The van der Waals surface area contributed by atoms with E-state index in [-0.39, 0.29) is 6.29 Å². The molecule has 0 radical (unpaired) electrons. The lowest BCUT2D eigenvalue weighted by Crippen LogP contribution is -2.16. The maximum atomic E-state index is 5.00. The zero-order valence-electron chi connectivity index (χ0n) is 7.02. The molecule has 0 aliphatic heterocycles. The number of nitrogens with one attached hydrogen (secondary N) is 1. The van der Waals surface area contributed by atoms with Crippen molar-refractivity contribution < 1.29 is 9.47 Å². The fraction of sp³-hybridized carbons (Fsp3) is 1.00. The minimum Gasteiger partial charge on any atom is -0.356 e. The molecule has 62 valence electrons. The van der Waals surface area contributed by atoms with E-state index in [4.69, 9.17) is 9.47 Å². The molecular formula is C7H17NO2. The lowest BCUT2D eigenvalue weighted by molar-refractivity contribution is -0.106. The van der Waals surface area contributed by atoms with Crippen LogP contribution in [-0.4, -0.2) is 34.1 Å². The SMILES string of the molecule is CNCCCC(OC)OC. The van der Waals surface area contributed by atoms with E-state index < -0.39 is 0 Å². The third-order valence-corrected chi connectivity index (χ3v) is 1.39. The molecule has 3 heteroatoms. The van der Waals surface area contributed by atoms with Crippen LogP contribution >= 0.6 is 0 Å². The van der Waals surface area contributed by atoms with Gasteiger partial charge >= 0.3 is 0 Å². The molecule has 0 rings (SSSR count). The highest BCUT2D eigenvalue weighted by Gasteiger charge is 2.02. The number of hydrogen-bond donors (Lipinski definition) is 1. The van der Waals surface area contributed by atoms with Crippen LogP contribution in [0.15, 0.2) is 0 Å². The van der Waals surface area contributed by atoms with E-state index in [1.807, 2.05) is 7.05 Å². The molecule has 0 aliphatic rings. The van der Waals surface area contributed by atoms with E-state index in [1.54, 1.807) is 14.2 Å². The van der Waals surface area contributed by atoms with Crippen molar-refractivity contribution in [3.05, 3.63) is 0 Å². The van der Waals surface area contributed by atoms with Crippen molar-refractivity contribution >= 4 is 0 Å². The van der Waals surface area contributed by atoms with Gasteiger partial charge < -0.3 is 14.8 Å². The summed E-state index contributed by atoms with van der Waals surface area (Å²) < 4.78 is 9.99. The highest BCUT2D eigenvalue weighted by Crippen LogP contribution is 1.99. The second-order valence-electron chi connectivity index (χ2n) is 2.15. The number of rotatable bonds is 6. The predicted molar refractivity (Wildman–Crippen MR) is 41.0 cm³/mol. The van der Waals surface area contributed by atoms with E-state index in [9.17, 15) is 0 Å². The second-order valence-corrected chi connectivity index (χ2v) is 2.15. The quantitative estimate of drug-likeness (QED) is 0.441. The lowest BCUT2D eigenvalue weighted by Gasteiger charge is -2.12. The van der Waals surface area contributed by atoms with E-state index in [0.29, 0.717) is 0 Å². The zero-order chi connectivity index (χ0) is 7.82. The minimum atomic E-state index is -0.0339. The van der Waals surface area contributed by atoms with E-state index >= 15 is 0 Å². The van der Waals surface area contributed by atoms with Gasteiger partial charge in [0, 0.05) is 14.2 Å². The molecule has 0 saturated carbocycles. The van der Waals surface area contributed by atoms with Gasteiger partial charge in [0.15, 0.2) is 6.29 Å². The first-order chi connectivity index (χ1) is 4.85. The van der Waals surface area contributed by atoms with Gasteiger partial charge in [0.2, 0.25) is 0 Å². The van der Waals surface area contributed by atoms with E-state index in [0.717, 1.165) is 19.4 Å². The Kier molecular flexibility index (Phi) is 6.91. The third kappa shape index (κ3) is 4.73. The first-order valence-electron chi connectivity index (χ1n) is 3.55. The zero-order valence-corrected chi connectivity index (χ0v) is 7.02. The summed E-state index contributed by atoms with van der Waals surface area (Å²) in [6.45, 7) is 1.02. The average molecular weight is 147 g/mol. The van der Waals surface area contributed by atoms with E-state index in [1.165, 1.54) is 0 Å². The summed E-state index contributed by atoms with van der Waals surface area (Å²) in [5.74, 6) is 0. The summed E-state index contributed by atoms with van der Waals surface area (Å²) >= 11 is 0. The highest BCUT2D eigenvalue weighted by molar-refractivity contribution is 4.46. The fourth-order valence-electron chi connectivity index (χ4n) is 0.777. The summed E-state index contributed by atoms with van der Waals surface area (Å²) in [5, 5.41) is 3.06. The molecule has 0 spiro atoms. The molecule has 0 aromatic rings. The van der Waals surface area contributed by atoms with Gasteiger partial charge in [-0.2, -0.15) is 0 Å². The largest absolute Gasteiger partial charge is 0.356 e. The Labute approximate surface area is 62.7 Å². The van der Waals surface area contributed by atoms with Crippen molar-refractivity contribution in [2.75, 3.05) is 27.8 Å². The highest BCUT2D eigenvalue weighted by atomic mass is 16.7. The van der Waals surface area contributed by atoms with Crippen molar-refractivity contribution in [3.8, 4) is 0 Å². The summed E-state index contributed by atoms with van der Waals surface area (Å²) in [7, 11) is 5.26. The third-order valence-electron chi connectivity index (χ3n) is 1.39. The van der Waals surface area contributed by atoms with Crippen molar-refractivity contribution in [2.24, 2.45) is 0 Å². The maximum Gasteiger partial charge on any atom is 0.156 e. The first-order valence-corrected chi connectivity index (χ1v) is 3.55. The summed E-state index contributed by atoms with van der Waals surface area (Å²) in [5.41, 5.74) is 0. The topological polar surface area (TPSA) is 30.5 Å². The molecule has 0 aromatic carbocycles. The molecule has 1 N–H and O–H groups in total. The van der Waals surface area contributed by atoms with Crippen LogP contribution in [0, 0.1) is 0 Å². The predicted octanol–water partition coefficient (Wildman–Crippen LogP) is 0.605. The standard InChI is InChI=1S/C7H17NO2/c1-8-6-4-5-7(9-2)10-3/h7-8H,4-6H2,1-3H3. The molecule has 0 aromatic heterocycles. The van der Waals surface area contributed by atoms with Gasteiger partial charge in [0.1, 0.15) is 0 Å². The van der Waals surface area contributed by atoms with E-state index in [2.05, 4.69) is 5.32 Å². The molecule has 0 amide bonds. The molecule has 0 aliphatic carbocycles. The van der Waals surface area contributed by atoms with Gasteiger partial charge in [-0.3, -0.25) is 0 Å². The van der Waals surface area contributed by atoms with Gasteiger partial charge in [0.05, 0.1) is 0 Å². The van der Waals surface area contributed by atoms with Crippen LogP contribution in [0.1, 0.15) is 12.8 Å². The van der Waals surface area contributed by atoms with Crippen LogP contribution in [0.4, 0.5) is 0 Å². The maximum absolute atomic E-state index is 5.00. The second kappa shape index (κ2) is 6.99. The Morgan fingerprint density at radius 1 is 1.30 bits per heavy atom. The summed E-state index contributed by atoms with van der Waals surface area (Å²) in [6, 6.07) is 0. The van der Waals surface area contributed by atoms with Crippen LogP contribution in [-0.2, 0) is 9.47 Å². The van der Waals surface area contributed by atoms with Crippen LogP contribution in [0.2, 0.25) is 0 Å². The van der Waals surface area contributed by atoms with Crippen LogP contribution in [0.25, 0.3) is 0 Å². The molecule has 10 heavy (non-hydrogen) atoms. The van der Waals surface area contributed by atoms with Crippen molar-refractivity contribution in [3.63, 3.8) is 0 Å². The number of ether oxygens (including phenoxy) is 2. The normalized spacial score (nSPS) is 10.8. The van der Waals surface area contributed by atoms with Crippen molar-refractivity contribution in [1.29, 1.82) is 0 Å². The molecule has 3 nitrogen and oxygen atoms in total. The van der Waals surface area contributed by atoms with Gasteiger partial charge in [-0.25, -0.2) is 0 Å². The molecule has 0 fully saturated rings. The Balaban J connectivity index is 3.09. The number of hydrogen-bond acceptors (Lipinski definition) is 3. The van der Waals surface area contributed by atoms with Crippen molar-refractivity contribution in [2.45, 2.75) is 19.1 Å². The molecule has 0 atom stereocenters. The Bertz CT molecular complexity index is 64.6. The molecule has 0 bridgehead atoms. The molecule has 0 saturated heterocycles. The molecule has 0 unspecified atom stereocenters. The summed E-state index contributed by atoms with van der Waals surface area (Å²) in [6.07, 6.45) is 2.00.